The standard InChI is InChI=1S/C10H14N4S2/c1-7(2)14-6-11-13-10(14)16-5-9-4-15-8(3)12-9/h4,6-7H,5H2,1-3H3. The molecule has 6 heteroatoms. The quantitative estimate of drug-likeness (QED) is 0.787. The molecule has 0 saturated heterocycles. The van der Waals surface area contributed by atoms with Crippen LogP contribution in [-0.4, -0.2) is 19.7 Å². The van der Waals surface area contributed by atoms with Crippen LogP contribution in [0.1, 0.15) is 30.6 Å². The molecule has 0 aliphatic carbocycles. The number of hydrogen-bond acceptors (Lipinski definition) is 5. The molecule has 2 heterocycles. The Hall–Kier alpha value is -0.880. The summed E-state index contributed by atoms with van der Waals surface area (Å²) in [6.07, 6.45) is 1.78. The van der Waals surface area contributed by atoms with Crippen LogP contribution >= 0.6 is 23.1 Å². The molecule has 0 atom stereocenters. The lowest BCUT2D eigenvalue weighted by molar-refractivity contribution is 0.549. The van der Waals surface area contributed by atoms with Gasteiger partial charge in [-0.3, -0.25) is 0 Å². The smallest absolute Gasteiger partial charge is 0.191 e. The molecule has 2 aromatic heterocycles. The third-order valence-electron chi connectivity index (χ3n) is 2.11. The van der Waals surface area contributed by atoms with Gasteiger partial charge in [0.1, 0.15) is 6.33 Å². The molecule has 4 nitrogen and oxygen atoms in total. The van der Waals surface area contributed by atoms with Crippen LogP contribution in [0.4, 0.5) is 0 Å². The highest BCUT2D eigenvalue weighted by molar-refractivity contribution is 7.98. The first-order valence-corrected chi connectivity index (χ1v) is 6.96. The fraction of sp³-hybridized carbons (Fsp3) is 0.500. The van der Waals surface area contributed by atoms with Crippen molar-refractivity contribution in [2.75, 3.05) is 0 Å². The molecule has 0 amide bonds. The molecule has 0 aliphatic heterocycles. The third kappa shape index (κ3) is 2.62. The Bertz CT molecular complexity index is 461. The van der Waals surface area contributed by atoms with Crippen molar-refractivity contribution >= 4 is 23.1 Å². The van der Waals surface area contributed by atoms with Crippen LogP contribution in [0.25, 0.3) is 0 Å². The molecule has 86 valence electrons. The number of aryl methyl sites for hydroxylation is 1. The normalized spacial score (nSPS) is 11.2. The molecule has 0 bridgehead atoms. The average Bonchev–Trinajstić information content (AvgIpc) is 2.83. The number of aromatic nitrogens is 4. The van der Waals surface area contributed by atoms with E-state index in [2.05, 4.69) is 39.0 Å². The van der Waals surface area contributed by atoms with Crippen molar-refractivity contribution < 1.29 is 0 Å². The van der Waals surface area contributed by atoms with E-state index in [-0.39, 0.29) is 0 Å². The van der Waals surface area contributed by atoms with Crippen molar-refractivity contribution in [3.63, 3.8) is 0 Å². The maximum Gasteiger partial charge on any atom is 0.191 e. The Morgan fingerprint density at radius 1 is 1.50 bits per heavy atom. The molecule has 0 saturated carbocycles. The van der Waals surface area contributed by atoms with Crippen molar-refractivity contribution in [3.05, 3.63) is 22.4 Å². The second-order valence-electron chi connectivity index (χ2n) is 3.76. The molecule has 0 N–H and O–H groups in total. The number of thioether (sulfide) groups is 1. The van der Waals surface area contributed by atoms with Gasteiger partial charge in [-0.2, -0.15) is 0 Å². The number of rotatable bonds is 4. The molecule has 0 aliphatic rings. The van der Waals surface area contributed by atoms with E-state index in [9.17, 15) is 0 Å². The molecule has 0 fully saturated rings. The molecule has 0 spiro atoms. The van der Waals surface area contributed by atoms with Gasteiger partial charge in [0.05, 0.1) is 10.7 Å². The Kier molecular flexibility index (Phi) is 3.60. The lowest BCUT2D eigenvalue weighted by atomic mass is 10.4. The van der Waals surface area contributed by atoms with Gasteiger partial charge in [-0.25, -0.2) is 4.98 Å². The van der Waals surface area contributed by atoms with Crippen LogP contribution < -0.4 is 0 Å². The van der Waals surface area contributed by atoms with E-state index in [1.807, 2.05) is 6.92 Å². The number of nitrogens with zero attached hydrogens (tertiary/aromatic N) is 4. The largest absolute Gasteiger partial charge is 0.306 e. The number of thiazole rings is 1. The van der Waals surface area contributed by atoms with Gasteiger partial charge in [-0.15, -0.1) is 21.5 Å². The lowest BCUT2D eigenvalue weighted by Gasteiger charge is -2.08. The monoisotopic (exact) mass is 254 g/mol. The zero-order valence-electron chi connectivity index (χ0n) is 9.54. The highest BCUT2D eigenvalue weighted by atomic mass is 32.2. The molecule has 0 radical (unpaired) electrons. The summed E-state index contributed by atoms with van der Waals surface area (Å²) < 4.78 is 2.07. The van der Waals surface area contributed by atoms with Gasteiger partial charge < -0.3 is 4.57 Å². The van der Waals surface area contributed by atoms with Crippen LogP contribution in [0.15, 0.2) is 16.9 Å². The van der Waals surface area contributed by atoms with Gasteiger partial charge in [0.15, 0.2) is 5.16 Å². The summed E-state index contributed by atoms with van der Waals surface area (Å²) in [4.78, 5) is 4.42. The molecule has 2 rings (SSSR count). The van der Waals surface area contributed by atoms with Gasteiger partial charge in [0, 0.05) is 17.2 Å². The maximum atomic E-state index is 4.42. The second-order valence-corrected chi connectivity index (χ2v) is 5.77. The van der Waals surface area contributed by atoms with E-state index in [0.717, 1.165) is 21.6 Å². The summed E-state index contributed by atoms with van der Waals surface area (Å²) in [5.41, 5.74) is 1.12. The van der Waals surface area contributed by atoms with Gasteiger partial charge in [0.25, 0.3) is 0 Å². The summed E-state index contributed by atoms with van der Waals surface area (Å²) in [5, 5.41) is 12.2. The highest BCUT2D eigenvalue weighted by Gasteiger charge is 2.08. The van der Waals surface area contributed by atoms with E-state index >= 15 is 0 Å². The summed E-state index contributed by atoms with van der Waals surface area (Å²) >= 11 is 3.37. The van der Waals surface area contributed by atoms with E-state index < -0.39 is 0 Å². The van der Waals surface area contributed by atoms with Crippen LogP contribution in [-0.2, 0) is 5.75 Å². The fourth-order valence-corrected chi connectivity index (χ4v) is 2.96. The molecule has 0 unspecified atom stereocenters. The minimum absolute atomic E-state index is 0.398. The molecular weight excluding hydrogens is 240 g/mol. The van der Waals surface area contributed by atoms with Gasteiger partial charge in [-0.05, 0) is 20.8 Å². The van der Waals surface area contributed by atoms with Crippen LogP contribution in [0.3, 0.4) is 0 Å². The van der Waals surface area contributed by atoms with Crippen molar-refractivity contribution in [1.29, 1.82) is 0 Å². The summed E-state index contributed by atoms with van der Waals surface area (Å²) in [5.74, 6) is 0.857. The Morgan fingerprint density at radius 2 is 2.31 bits per heavy atom. The summed E-state index contributed by atoms with van der Waals surface area (Å²) in [6.45, 7) is 6.27. The predicted molar refractivity (Wildman–Crippen MR) is 66.8 cm³/mol. The van der Waals surface area contributed by atoms with Gasteiger partial charge in [0.2, 0.25) is 0 Å². The van der Waals surface area contributed by atoms with Crippen LogP contribution in [0.2, 0.25) is 0 Å². The minimum Gasteiger partial charge on any atom is -0.306 e. The third-order valence-corrected chi connectivity index (χ3v) is 3.93. The van der Waals surface area contributed by atoms with Crippen molar-refractivity contribution in [1.82, 2.24) is 19.7 Å². The average molecular weight is 254 g/mol. The van der Waals surface area contributed by atoms with E-state index in [1.165, 1.54) is 0 Å². The van der Waals surface area contributed by atoms with Crippen molar-refractivity contribution in [2.45, 2.75) is 37.7 Å². The van der Waals surface area contributed by atoms with Crippen LogP contribution in [0, 0.1) is 6.92 Å². The van der Waals surface area contributed by atoms with Gasteiger partial charge >= 0.3 is 0 Å². The summed E-state index contributed by atoms with van der Waals surface area (Å²) in [7, 11) is 0. The Balaban J connectivity index is 2.02. The number of hydrogen-bond donors (Lipinski definition) is 0. The topological polar surface area (TPSA) is 43.6 Å². The van der Waals surface area contributed by atoms with E-state index in [4.69, 9.17) is 0 Å². The molecule has 0 aromatic carbocycles. The molecular formula is C10H14N4S2. The second kappa shape index (κ2) is 4.97. The van der Waals surface area contributed by atoms with Crippen molar-refractivity contribution in [2.24, 2.45) is 0 Å². The predicted octanol–water partition coefficient (Wildman–Crippen LogP) is 2.92. The fourth-order valence-electron chi connectivity index (χ4n) is 1.30. The van der Waals surface area contributed by atoms with E-state index in [1.54, 1.807) is 29.4 Å². The maximum absolute atomic E-state index is 4.42. The highest BCUT2D eigenvalue weighted by Crippen LogP contribution is 2.23. The minimum atomic E-state index is 0.398. The Morgan fingerprint density at radius 3 is 2.94 bits per heavy atom. The van der Waals surface area contributed by atoms with E-state index in [0.29, 0.717) is 6.04 Å². The molecule has 2 aromatic rings. The lowest BCUT2D eigenvalue weighted by Crippen LogP contribution is -2.00. The molecule has 16 heavy (non-hydrogen) atoms. The zero-order valence-corrected chi connectivity index (χ0v) is 11.2. The first-order chi connectivity index (χ1) is 7.66. The van der Waals surface area contributed by atoms with Gasteiger partial charge in [-0.1, -0.05) is 11.8 Å². The van der Waals surface area contributed by atoms with Crippen molar-refractivity contribution in [3.8, 4) is 0 Å². The Labute approximate surface area is 103 Å². The summed E-state index contributed by atoms with van der Waals surface area (Å²) in [6, 6.07) is 0.398. The zero-order chi connectivity index (χ0) is 11.5. The first-order valence-electron chi connectivity index (χ1n) is 5.10. The first kappa shape index (κ1) is 11.6. The SMILES string of the molecule is Cc1nc(CSc2nncn2C(C)C)cs1. The van der Waals surface area contributed by atoms with Crippen LogP contribution in [0.5, 0.6) is 0 Å².